The molecule has 2 atom stereocenters. The highest BCUT2D eigenvalue weighted by Gasteiger charge is 2.16. The van der Waals surface area contributed by atoms with Crippen molar-refractivity contribution in [3.8, 4) is 0 Å². The van der Waals surface area contributed by atoms with Crippen molar-refractivity contribution < 1.29 is 0 Å². The smallest absolute Gasteiger partial charge is 0.0256 e. The van der Waals surface area contributed by atoms with Gasteiger partial charge in [0, 0.05) is 6.21 Å². The molecular formula is C22H29N. The van der Waals surface area contributed by atoms with Crippen molar-refractivity contribution in [3.05, 3.63) is 66.3 Å². The molecule has 1 saturated carbocycles. The Morgan fingerprint density at radius 3 is 2.48 bits per heavy atom. The number of benzene rings is 1. The van der Waals surface area contributed by atoms with Gasteiger partial charge in [-0.15, -0.1) is 0 Å². The first-order chi connectivity index (χ1) is 11.2. The van der Waals surface area contributed by atoms with E-state index in [1.165, 1.54) is 50.3 Å². The van der Waals surface area contributed by atoms with Gasteiger partial charge in [-0.3, -0.25) is 0 Å². The fraction of sp³-hybridized carbons (Fsp3) is 0.409. The fourth-order valence-corrected chi connectivity index (χ4v) is 3.41. The standard InChI is InChI=1S/C22H29N/c1-3-19(21-12-8-7-9-18(2)13-14-21)15-16-22(17-23)20-10-5-4-6-11-20/h3-6,10-11,15-18,21,23H,1,7-9,12-14H2,2H3/b19-15+,22-16+,23-17?. The summed E-state index contributed by atoms with van der Waals surface area (Å²) in [5, 5.41) is 7.69. The molecule has 0 bridgehead atoms. The third-order valence-corrected chi connectivity index (χ3v) is 4.93. The van der Waals surface area contributed by atoms with Crippen LogP contribution in [0.3, 0.4) is 0 Å². The minimum atomic E-state index is 0.620. The van der Waals surface area contributed by atoms with Crippen molar-refractivity contribution in [1.29, 1.82) is 5.41 Å². The molecule has 0 spiro atoms. The molecule has 122 valence electrons. The lowest BCUT2D eigenvalue weighted by atomic mass is 9.82. The maximum atomic E-state index is 7.69. The molecule has 1 heteroatoms. The van der Waals surface area contributed by atoms with Crippen LogP contribution in [0.25, 0.3) is 5.57 Å². The van der Waals surface area contributed by atoms with Gasteiger partial charge in [-0.05, 0) is 41.4 Å². The van der Waals surface area contributed by atoms with Gasteiger partial charge in [0.15, 0.2) is 0 Å². The molecule has 1 aliphatic rings. The highest BCUT2D eigenvalue weighted by molar-refractivity contribution is 6.08. The van der Waals surface area contributed by atoms with Crippen molar-refractivity contribution >= 4 is 11.8 Å². The first-order valence-corrected chi connectivity index (χ1v) is 8.84. The topological polar surface area (TPSA) is 23.9 Å². The minimum Gasteiger partial charge on any atom is -0.308 e. The molecule has 2 rings (SSSR count). The second-order valence-electron chi connectivity index (χ2n) is 6.67. The van der Waals surface area contributed by atoms with E-state index in [-0.39, 0.29) is 0 Å². The van der Waals surface area contributed by atoms with Gasteiger partial charge >= 0.3 is 0 Å². The normalized spacial score (nSPS) is 23.7. The van der Waals surface area contributed by atoms with Crippen molar-refractivity contribution in [3.63, 3.8) is 0 Å². The number of hydrogen-bond donors (Lipinski definition) is 1. The van der Waals surface area contributed by atoms with E-state index in [1.807, 2.05) is 24.3 Å². The van der Waals surface area contributed by atoms with Gasteiger partial charge in [0.25, 0.3) is 0 Å². The zero-order valence-electron chi connectivity index (χ0n) is 14.3. The molecule has 1 aromatic carbocycles. The molecule has 23 heavy (non-hydrogen) atoms. The van der Waals surface area contributed by atoms with Gasteiger partial charge in [0.05, 0.1) is 0 Å². The van der Waals surface area contributed by atoms with Gasteiger partial charge < -0.3 is 5.41 Å². The van der Waals surface area contributed by atoms with Crippen LogP contribution in [0.2, 0.25) is 0 Å². The van der Waals surface area contributed by atoms with E-state index in [9.17, 15) is 0 Å². The summed E-state index contributed by atoms with van der Waals surface area (Å²) in [5.41, 5.74) is 3.37. The number of hydrogen-bond acceptors (Lipinski definition) is 1. The summed E-state index contributed by atoms with van der Waals surface area (Å²) >= 11 is 0. The molecule has 0 saturated heterocycles. The molecule has 1 aliphatic carbocycles. The summed E-state index contributed by atoms with van der Waals surface area (Å²) < 4.78 is 0. The van der Waals surface area contributed by atoms with E-state index in [0.717, 1.165) is 17.1 Å². The van der Waals surface area contributed by atoms with E-state index in [4.69, 9.17) is 5.41 Å². The van der Waals surface area contributed by atoms with Gasteiger partial charge in [-0.25, -0.2) is 0 Å². The quantitative estimate of drug-likeness (QED) is 0.478. The molecule has 1 N–H and O–H groups in total. The lowest BCUT2D eigenvalue weighted by Gasteiger charge is -2.23. The zero-order valence-corrected chi connectivity index (χ0v) is 14.3. The number of rotatable bonds is 5. The Labute approximate surface area is 141 Å². The summed E-state index contributed by atoms with van der Waals surface area (Å²) in [5.74, 6) is 1.47. The van der Waals surface area contributed by atoms with Crippen LogP contribution in [0.1, 0.15) is 51.0 Å². The third kappa shape index (κ3) is 5.35. The minimum absolute atomic E-state index is 0.620. The maximum Gasteiger partial charge on any atom is 0.0256 e. The Morgan fingerprint density at radius 1 is 1.04 bits per heavy atom. The van der Waals surface area contributed by atoms with E-state index in [1.54, 1.807) is 0 Å². The van der Waals surface area contributed by atoms with Crippen LogP contribution in [-0.4, -0.2) is 6.21 Å². The molecule has 0 amide bonds. The van der Waals surface area contributed by atoms with Crippen LogP contribution in [0, 0.1) is 17.2 Å². The van der Waals surface area contributed by atoms with Gasteiger partial charge in [0.1, 0.15) is 0 Å². The maximum absolute atomic E-state index is 7.69. The van der Waals surface area contributed by atoms with Gasteiger partial charge in [-0.1, -0.05) is 87.7 Å². The Morgan fingerprint density at radius 2 is 1.78 bits per heavy atom. The molecule has 1 fully saturated rings. The first-order valence-electron chi connectivity index (χ1n) is 8.84. The second-order valence-corrected chi connectivity index (χ2v) is 6.67. The van der Waals surface area contributed by atoms with Crippen LogP contribution in [0.15, 0.2) is 60.7 Å². The highest BCUT2D eigenvalue weighted by atomic mass is 14.3. The lowest BCUT2D eigenvalue weighted by Crippen LogP contribution is -2.09. The van der Waals surface area contributed by atoms with Crippen LogP contribution in [-0.2, 0) is 0 Å². The molecule has 0 aliphatic heterocycles. The second kappa shape index (κ2) is 9.29. The average Bonchev–Trinajstić information content (AvgIpc) is 2.57. The van der Waals surface area contributed by atoms with Crippen LogP contribution >= 0.6 is 0 Å². The van der Waals surface area contributed by atoms with Crippen LogP contribution in [0.4, 0.5) is 0 Å². The first kappa shape index (κ1) is 17.5. The van der Waals surface area contributed by atoms with Crippen molar-refractivity contribution in [2.24, 2.45) is 11.8 Å². The fourth-order valence-electron chi connectivity index (χ4n) is 3.41. The predicted molar refractivity (Wildman–Crippen MR) is 102 cm³/mol. The van der Waals surface area contributed by atoms with Crippen LogP contribution in [0.5, 0.6) is 0 Å². The van der Waals surface area contributed by atoms with Crippen LogP contribution < -0.4 is 0 Å². The van der Waals surface area contributed by atoms with Crippen molar-refractivity contribution in [2.75, 3.05) is 0 Å². The monoisotopic (exact) mass is 307 g/mol. The summed E-state index contributed by atoms with van der Waals surface area (Å²) in [6, 6.07) is 10.1. The SMILES string of the molecule is C=C/C(=C\C=C(/C=N)c1ccccc1)C1CCCCC(C)CC1. The Kier molecular flexibility index (Phi) is 7.06. The average molecular weight is 307 g/mol. The Hall–Kier alpha value is -1.89. The molecule has 1 aromatic rings. The zero-order chi connectivity index (χ0) is 16.5. The summed E-state index contributed by atoms with van der Waals surface area (Å²) in [7, 11) is 0. The summed E-state index contributed by atoms with van der Waals surface area (Å²) in [6.45, 7) is 6.41. The lowest BCUT2D eigenvalue weighted by molar-refractivity contribution is 0.356. The largest absolute Gasteiger partial charge is 0.308 e. The van der Waals surface area contributed by atoms with Gasteiger partial charge in [0.2, 0.25) is 0 Å². The highest BCUT2D eigenvalue weighted by Crippen LogP contribution is 2.31. The van der Waals surface area contributed by atoms with E-state index in [2.05, 4.69) is 37.8 Å². The Bertz CT molecular complexity index is 565. The summed E-state index contributed by atoms with van der Waals surface area (Å²) in [4.78, 5) is 0. The molecule has 2 unspecified atom stereocenters. The van der Waals surface area contributed by atoms with Crippen molar-refractivity contribution in [2.45, 2.75) is 45.4 Å². The van der Waals surface area contributed by atoms with E-state index >= 15 is 0 Å². The number of allylic oxidation sites excluding steroid dienone is 5. The third-order valence-electron chi connectivity index (χ3n) is 4.93. The number of nitrogens with one attached hydrogen (secondary N) is 1. The molecule has 0 aromatic heterocycles. The van der Waals surface area contributed by atoms with E-state index < -0.39 is 0 Å². The Balaban J connectivity index is 2.17. The predicted octanol–water partition coefficient (Wildman–Crippen LogP) is 6.44. The molecular weight excluding hydrogens is 278 g/mol. The molecule has 0 radical (unpaired) electrons. The molecule has 1 nitrogen and oxygen atoms in total. The van der Waals surface area contributed by atoms with Gasteiger partial charge in [-0.2, -0.15) is 0 Å². The van der Waals surface area contributed by atoms with E-state index in [0.29, 0.717) is 5.92 Å². The molecule has 0 heterocycles. The summed E-state index contributed by atoms with van der Waals surface area (Å²) in [6.07, 6.45) is 15.6. The van der Waals surface area contributed by atoms with Crippen molar-refractivity contribution in [1.82, 2.24) is 0 Å².